The molecular weight excluding hydrogens is 398 g/mol. The number of hydrogen-bond donors (Lipinski definition) is 1. The Morgan fingerprint density at radius 3 is 2.43 bits per heavy atom. The Morgan fingerprint density at radius 1 is 1.07 bits per heavy atom. The lowest BCUT2D eigenvalue weighted by Crippen LogP contribution is -2.61. The van der Waals surface area contributed by atoms with Crippen LogP contribution in [0.15, 0.2) is 12.1 Å². The maximum absolute atomic E-state index is 6.96. The second kappa shape index (κ2) is 6.69. The third-order valence-corrected chi connectivity index (χ3v) is 12.1. The molecule has 3 heterocycles. The Hall–Kier alpha value is -1.12. The van der Waals surface area contributed by atoms with Crippen LogP contribution < -0.4 is 14.8 Å². The van der Waals surface area contributed by atoms with E-state index in [9.17, 15) is 0 Å². The fourth-order valence-electron chi connectivity index (χ4n) is 5.12. The fraction of sp³-hybridized carbons (Fsp3) is 0.739. The molecule has 3 aliphatic heterocycles. The van der Waals surface area contributed by atoms with Crippen LogP contribution >= 0.6 is 0 Å². The molecule has 0 spiro atoms. The average Bonchev–Trinajstić information content (AvgIpc) is 3.21. The van der Waals surface area contributed by atoms with Gasteiger partial charge in [0.1, 0.15) is 12.2 Å². The van der Waals surface area contributed by atoms with Crippen molar-refractivity contribution >= 4 is 8.32 Å². The highest BCUT2D eigenvalue weighted by Gasteiger charge is 2.57. The van der Waals surface area contributed by atoms with Gasteiger partial charge in [0.05, 0.1) is 6.10 Å². The van der Waals surface area contributed by atoms with Crippen LogP contribution in [0, 0.1) is 0 Å². The van der Waals surface area contributed by atoms with Crippen molar-refractivity contribution in [3.8, 4) is 11.5 Å². The van der Waals surface area contributed by atoms with E-state index in [1.165, 1.54) is 11.1 Å². The zero-order valence-electron chi connectivity index (χ0n) is 19.2. The largest absolute Gasteiger partial charge is 0.454 e. The molecule has 0 unspecified atom stereocenters. The summed E-state index contributed by atoms with van der Waals surface area (Å²) in [5.74, 6) is 1.38. The van der Waals surface area contributed by atoms with Gasteiger partial charge >= 0.3 is 0 Å². The zero-order chi connectivity index (χ0) is 21.5. The summed E-state index contributed by atoms with van der Waals surface area (Å²) in [4.78, 5) is 0. The van der Waals surface area contributed by atoms with Crippen LogP contribution in [0.2, 0.25) is 18.1 Å². The zero-order valence-corrected chi connectivity index (χ0v) is 20.2. The van der Waals surface area contributed by atoms with E-state index in [-0.39, 0.29) is 35.3 Å². The summed E-state index contributed by atoms with van der Waals surface area (Å²) in [6.07, 6.45) is 0.833. The van der Waals surface area contributed by atoms with Gasteiger partial charge in [-0.15, -0.1) is 0 Å². The molecule has 1 N–H and O–H groups in total. The molecule has 166 valence electrons. The molecule has 0 radical (unpaired) electrons. The Kier molecular flexibility index (Phi) is 4.63. The van der Waals surface area contributed by atoms with Crippen LogP contribution in [-0.4, -0.2) is 45.3 Å². The molecule has 0 aromatic heterocycles. The smallest absolute Gasteiger partial charge is 0.231 e. The molecule has 1 aromatic rings. The molecule has 4 aliphatic rings. The standard InChI is InChI=1S/C23H35NO5Si/c1-22(2,3)30(6,7)29-18-10-15-14-9-17-16(25-12-26-17)8-13(14)11-24-19(15)21-20(18)27-23(4,5)28-21/h8-9,15,18-21,24H,10-12H2,1-7H3/t15-,18+,19-,20+,21+/m1/s1. The van der Waals surface area contributed by atoms with Gasteiger partial charge in [-0.25, -0.2) is 0 Å². The molecule has 1 aromatic carbocycles. The van der Waals surface area contributed by atoms with Crippen molar-refractivity contribution in [1.29, 1.82) is 0 Å². The second-order valence-corrected chi connectivity index (χ2v) is 15.9. The van der Waals surface area contributed by atoms with Crippen LogP contribution in [0.5, 0.6) is 11.5 Å². The Labute approximate surface area is 180 Å². The molecule has 0 bridgehead atoms. The first-order chi connectivity index (χ1) is 14.0. The molecular formula is C23H35NO5Si. The number of benzene rings is 1. The van der Waals surface area contributed by atoms with Gasteiger partial charge in [0.25, 0.3) is 0 Å². The van der Waals surface area contributed by atoms with Crippen LogP contribution in [0.4, 0.5) is 0 Å². The van der Waals surface area contributed by atoms with Crippen LogP contribution in [0.1, 0.15) is 58.1 Å². The van der Waals surface area contributed by atoms with Gasteiger partial charge in [-0.2, -0.15) is 0 Å². The minimum atomic E-state index is -1.96. The Balaban J connectivity index is 1.51. The van der Waals surface area contributed by atoms with Crippen molar-refractivity contribution in [2.24, 2.45) is 0 Å². The first-order valence-corrected chi connectivity index (χ1v) is 14.1. The Bertz CT molecular complexity index is 849. The SMILES string of the molecule is CC1(C)O[C@@H]2[C@@H](O1)[C@@H]1NCc3cc4c(cc3[C@H]1C[C@@H]2O[Si](C)(C)C(C)(C)C)OCO4. The highest BCUT2D eigenvalue weighted by atomic mass is 28.4. The van der Waals surface area contributed by atoms with Crippen LogP contribution in [-0.2, 0) is 20.4 Å². The quantitative estimate of drug-likeness (QED) is 0.703. The van der Waals surface area contributed by atoms with Gasteiger partial charge < -0.3 is 28.7 Å². The van der Waals surface area contributed by atoms with Crippen molar-refractivity contribution < 1.29 is 23.4 Å². The average molecular weight is 434 g/mol. The maximum Gasteiger partial charge on any atom is 0.231 e. The number of fused-ring (bicyclic) bond motifs is 6. The number of rotatable bonds is 2. The van der Waals surface area contributed by atoms with E-state index in [0.29, 0.717) is 6.79 Å². The highest BCUT2D eigenvalue weighted by molar-refractivity contribution is 6.74. The molecule has 0 amide bonds. The van der Waals surface area contributed by atoms with Crippen LogP contribution in [0.3, 0.4) is 0 Å². The normalized spacial score (nSPS) is 34.3. The number of hydrogen-bond acceptors (Lipinski definition) is 6. The minimum Gasteiger partial charge on any atom is -0.454 e. The lowest BCUT2D eigenvalue weighted by atomic mass is 9.72. The molecule has 1 aliphatic carbocycles. The molecule has 1 saturated heterocycles. The maximum atomic E-state index is 6.96. The minimum absolute atomic E-state index is 0.0112. The van der Waals surface area contributed by atoms with Gasteiger partial charge in [0, 0.05) is 18.5 Å². The molecule has 5 rings (SSSR count). The lowest BCUT2D eigenvalue weighted by Gasteiger charge is -2.49. The van der Waals surface area contributed by atoms with E-state index in [2.05, 4.69) is 51.3 Å². The number of nitrogens with one attached hydrogen (secondary N) is 1. The van der Waals surface area contributed by atoms with Gasteiger partial charge in [-0.1, -0.05) is 20.8 Å². The lowest BCUT2D eigenvalue weighted by molar-refractivity contribution is -0.153. The molecule has 6 nitrogen and oxygen atoms in total. The predicted molar refractivity (Wildman–Crippen MR) is 116 cm³/mol. The number of ether oxygens (including phenoxy) is 4. The van der Waals surface area contributed by atoms with Crippen molar-refractivity contribution in [3.63, 3.8) is 0 Å². The summed E-state index contributed by atoms with van der Waals surface area (Å²) in [5, 5.41) is 3.89. The van der Waals surface area contributed by atoms with E-state index in [0.717, 1.165) is 24.5 Å². The summed E-state index contributed by atoms with van der Waals surface area (Å²) in [6, 6.07) is 4.51. The molecule has 2 fully saturated rings. The molecule has 30 heavy (non-hydrogen) atoms. The molecule has 5 atom stereocenters. The van der Waals surface area contributed by atoms with Gasteiger partial charge in [-0.05, 0) is 61.7 Å². The van der Waals surface area contributed by atoms with E-state index < -0.39 is 14.1 Å². The fourth-order valence-corrected chi connectivity index (χ4v) is 6.46. The van der Waals surface area contributed by atoms with E-state index in [1.54, 1.807) is 0 Å². The van der Waals surface area contributed by atoms with Crippen LogP contribution in [0.25, 0.3) is 0 Å². The van der Waals surface area contributed by atoms with Crippen molar-refractivity contribution in [1.82, 2.24) is 5.32 Å². The first kappa shape index (κ1) is 20.8. The Morgan fingerprint density at radius 2 is 1.73 bits per heavy atom. The summed E-state index contributed by atoms with van der Waals surface area (Å²) < 4.78 is 31.1. The first-order valence-electron chi connectivity index (χ1n) is 11.1. The third-order valence-electron chi connectivity index (χ3n) is 7.62. The van der Waals surface area contributed by atoms with Crippen molar-refractivity contribution in [3.05, 3.63) is 23.3 Å². The van der Waals surface area contributed by atoms with E-state index >= 15 is 0 Å². The predicted octanol–water partition coefficient (Wildman–Crippen LogP) is 4.28. The van der Waals surface area contributed by atoms with E-state index in [1.807, 2.05) is 13.8 Å². The highest BCUT2D eigenvalue weighted by Crippen LogP contribution is 2.50. The molecule has 7 heteroatoms. The monoisotopic (exact) mass is 433 g/mol. The topological polar surface area (TPSA) is 58.2 Å². The second-order valence-electron chi connectivity index (χ2n) is 11.1. The van der Waals surface area contributed by atoms with Gasteiger partial charge in [-0.3, -0.25) is 0 Å². The van der Waals surface area contributed by atoms with E-state index in [4.69, 9.17) is 23.4 Å². The summed E-state index contributed by atoms with van der Waals surface area (Å²) in [6.45, 7) is 16.6. The summed E-state index contributed by atoms with van der Waals surface area (Å²) in [7, 11) is -1.96. The third kappa shape index (κ3) is 3.30. The van der Waals surface area contributed by atoms with Crippen molar-refractivity contribution in [2.45, 2.75) is 102 Å². The molecule has 1 saturated carbocycles. The van der Waals surface area contributed by atoms with Gasteiger partial charge in [0.2, 0.25) is 6.79 Å². The summed E-state index contributed by atoms with van der Waals surface area (Å²) >= 11 is 0. The summed E-state index contributed by atoms with van der Waals surface area (Å²) in [5.41, 5.74) is 2.61. The van der Waals surface area contributed by atoms with Crippen molar-refractivity contribution in [2.75, 3.05) is 6.79 Å². The van der Waals surface area contributed by atoms with Gasteiger partial charge in [0.15, 0.2) is 25.6 Å².